The van der Waals surface area contributed by atoms with E-state index in [0.717, 1.165) is 10.4 Å². The summed E-state index contributed by atoms with van der Waals surface area (Å²) in [5.74, 6) is -0.140. The van der Waals surface area contributed by atoms with Gasteiger partial charge in [0.25, 0.3) is 11.6 Å². The highest BCUT2D eigenvalue weighted by Gasteiger charge is 2.27. The maximum absolute atomic E-state index is 13.9. The SMILES string of the molecule is O=C(c1nc(-c2cccs2)n(-c2cccc(F)c2)n1)N1CCN(Cc2cccc([N+](=O)[O-])c2)CC1. The van der Waals surface area contributed by atoms with Gasteiger partial charge in [0, 0.05) is 44.9 Å². The van der Waals surface area contributed by atoms with E-state index in [1.54, 1.807) is 29.2 Å². The molecule has 4 aromatic rings. The molecule has 0 aliphatic carbocycles. The number of carbonyl (C=O) groups excluding carboxylic acids is 1. The number of nitro groups is 1. The van der Waals surface area contributed by atoms with Crippen LogP contribution in [-0.4, -0.2) is 61.6 Å². The van der Waals surface area contributed by atoms with Crippen LogP contribution in [0.1, 0.15) is 16.2 Å². The molecule has 1 aliphatic rings. The summed E-state index contributed by atoms with van der Waals surface area (Å²) < 4.78 is 15.4. The number of amides is 1. The number of non-ortho nitro benzene ring substituents is 1. The molecule has 2 aromatic carbocycles. The van der Waals surface area contributed by atoms with E-state index in [0.29, 0.717) is 44.2 Å². The van der Waals surface area contributed by atoms with Crippen molar-refractivity contribution in [3.63, 3.8) is 0 Å². The van der Waals surface area contributed by atoms with Crippen molar-refractivity contribution in [3.8, 4) is 16.4 Å². The Morgan fingerprint density at radius 3 is 2.57 bits per heavy atom. The third-order valence-electron chi connectivity index (χ3n) is 5.78. The van der Waals surface area contributed by atoms with E-state index in [2.05, 4.69) is 15.0 Å². The van der Waals surface area contributed by atoms with Crippen LogP contribution < -0.4 is 0 Å². The lowest BCUT2D eigenvalue weighted by atomic mass is 10.1. The highest BCUT2D eigenvalue weighted by molar-refractivity contribution is 7.13. The summed E-state index contributed by atoms with van der Waals surface area (Å²) in [4.78, 5) is 33.1. The fourth-order valence-corrected chi connectivity index (χ4v) is 4.73. The van der Waals surface area contributed by atoms with Crippen LogP contribution >= 0.6 is 11.3 Å². The van der Waals surface area contributed by atoms with Crippen molar-refractivity contribution in [2.24, 2.45) is 0 Å². The van der Waals surface area contributed by atoms with E-state index in [4.69, 9.17) is 0 Å². The Hall–Kier alpha value is -3.96. The lowest BCUT2D eigenvalue weighted by molar-refractivity contribution is -0.384. The van der Waals surface area contributed by atoms with Crippen LogP contribution in [0.3, 0.4) is 0 Å². The van der Waals surface area contributed by atoms with Gasteiger partial charge in [-0.25, -0.2) is 14.1 Å². The molecule has 1 fully saturated rings. The molecule has 178 valence electrons. The van der Waals surface area contributed by atoms with Crippen molar-refractivity contribution >= 4 is 22.9 Å². The Balaban J connectivity index is 1.31. The van der Waals surface area contributed by atoms with Gasteiger partial charge in [-0.2, -0.15) is 0 Å². The first-order chi connectivity index (χ1) is 17.0. The summed E-state index contributed by atoms with van der Waals surface area (Å²) in [6.45, 7) is 2.78. The van der Waals surface area contributed by atoms with Gasteiger partial charge in [0.2, 0.25) is 5.82 Å². The second-order valence-corrected chi connectivity index (χ2v) is 9.07. The fourth-order valence-electron chi connectivity index (χ4n) is 4.03. The molecule has 1 saturated heterocycles. The molecule has 35 heavy (non-hydrogen) atoms. The summed E-state index contributed by atoms with van der Waals surface area (Å²) in [6.07, 6.45) is 0. The topological polar surface area (TPSA) is 97.4 Å². The highest BCUT2D eigenvalue weighted by atomic mass is 32.1. The van der Waals surface area contributed by atoms with Gasteiger partial charge in [0.05, 0.1) is 15.5 Å². The molecule has 0 saturated carbocycles. The largest absolute Gasteiger partial charge is 0.333 e. The number of thiophene rings is 1. The molecular formula is C24H21FN6O3S. The molecule has 0 radical (unpaired) electrons. The minimum Gasteiger partial charge on any atom is -0.333 e. The average molecular weight is 493 g/mol. The number of nitrogens with zero attached hydrogens (tertiary/aromatic N) is 6. The minimum absolute atomic E-state index is 0.0600. The predicted octanol–water partition coefficient (Wildman–Crippen LogP) is 4.00. The van der Waals surface area contributed by atoms with Crippen LogP contribution in [0, 0.1) is 15.9 Å². The second-order valence-electron chi connectivity index (χ2n) is 8.12. The molecule has 3 heterocycles. The van der Waals surface area contributed by atoms with E-state index in [1.807, 2.05) is 23.6 Å². The lowest BCUT2D eigenvalue weighted by Gasteiger charge is -2.34. The monoisotopic (exact) mass is 492 g/mol. The number of nitro benzene ring substituents is 1. The first kappa shape index (κ1) is 22.8. The molecule has 5 rings (SSSR count). The van der Waals surface area contributed by atoms with Gasteiger partial charge in [0.1, 0.15) is 5.82 Å². The standard InChI is InChI=1S/C24H21FN6O3S/c25-18-5-2-6-19(15-18)30-23(21-8-3-13-35-21)26-22(27-30)24(32)29-11-9-28(10-12-29)16-17-4-1-7-20(14-17)31(33)34/h1-8,13-15H,9-12,16H2. The van der Waals surface area contributed by atoms with E-state index >= 15 is 0 Å². The second kappa shape index (κ2) is 9.72. The summed E-state index contributed by atoms with van der Waals surface area (Å²) >= 11 is 1.46. The van der Waals surface area contributed by atoms with Crippen molar-refractivity contribution in [2.45, 2.75) is 6.54 Å². The van der Waals surface area contributed by atoms with E-state index < -0.39 is 10.7 Å². The van der Waals surface area contributed by atoms with Crippen LogP contribution in [0.15, 0.2) is 66.0 Å². The Morgan fingerprint density at radius 2 is 1.86 bits per heavy atom. The van der Waals surface area contributed by atoms with Gasteiger partial charge < -0.3 is 4.90 Å². The fraction of sp³-hybridized carbons (Fsp3) is 0.208. The molecule has 1 aliphatic heterocycles. The summed E-state index contributed by atoms with van der Waals surface area (Å²) in [5.41, 5.74) is 1.41. The Morgan fingerprint density at radius 1 is 1.06 bits per heavy atom. The van der Waals surface area contributed by atoms with Gasteiger partial charge in [-0.1, -0.05) is 24.3 Å². The number of piperazine rings is 1. The quantitative estimate of drug-likeness (QED) is 0.298. The lowest BCUT2D eigenvalue weighted by Crippen LogP contribution is -2.48. The number of benzene rings is 2. The third-order valence-corrected chi connectivity index (χ3v) is 6.65. The van der Waals surface area contributed by atoms with Crippen molar-refractivity contribution in [3.05, 3.63) is 93.4 Å². The number of aromatic nitrogens is 3. The van der Waals surface area contributed by atoms with Crippen LogP contribution in [0.5, 0.6) is 0 Å². The molecule has 1 amide bonds. The Labute approximate surface area is 204 Å². The van der Waals surface area contributed by atoms with Crippen LogP contribution in [0.25, 0.3) is 16.4 Å². The van der Waals surface area contributed by atoms with Crippen molar-refractivity contribution in [1.82, 2.24) is 24.6 Å². The maximum Gasteiger partial charge on any atom is 0.293 e. The summed E-state index contributed by atoms with van der Waals surface area (Å²) in [6, 6.07) is 16.4. The highest BCUT2D eigenvalue weighted by Crippen LogP contribution is 2.26. The number of halogens is 1. The van der Waals surface area contributed by atoms with Gasteiger partial charge in [-0.15, -0.1) is 16.4 Å². The normalized spacial score (nSPS) is 14.3. The van der Waals surface area contributed by atoms with Crippen molar-refractivity contribution < 1.29 is 14.1 Å². The maximum atomic E-state index is 13.9. The average Bonchev–Trinajstić information content (AvgIpc) is 3.55. The third kappa shape index (κ3) is 4.96. The van der Waals surface area contributed by atoms with Gasteiger partial charge in [-0.3, -0.25) is 19.8 Å². The smallest absolute Gasteiger partial charge is 0.293 e. The molecule has 0 N–H and O–H groups in total. The first-order valence-electron chi connectivity index (χ1n) is 11.0. The van der Waals surface area contributed by atoms with E-state index in [1.165, 1.54) is 34.2 Å². The zero-order chi connectivity index (χ0) is 24.4. The van der Waals surface area contributed by atoms with Crippen LogP contribution in [0.2, 0.25) is 0 Å². The molecule has 0 spiro atoms. The van der Waals surface area contributed by atoms with E-state index in [9.17, 15) is 19.3 Å². The molecule has 0 unspecified atom stereocenters. The number of rotatable bonds is 6. The zero-order valence-electron chi connectivity index (χ0n) is 18.6. The van der Waals surface area contributed by atoms with Gasteiger partial charge in [-0.05, 0) is 35.2 Å². The molecule has 2 aromatic heterocycles. The van der Waals surface area contributed by atoms with Gasteiger partial charge >= 0.3 is 0 Å². The molecule has 9 nitrogen and oxygen atoms in total. The van der Waals surface area contributed by atoms with E-state index in [-0.39, 0.29) is 17.4 Å². The van der Waals surface area contributed by atoms with Crippen molar-refractivity contribution in [2.75, 3.05) is 26.2 Å². The van der Waals surface area contributed by atoms with Gasteiger partial charge in [0.15, 0.2) is 5.82 Å². The molecule has 0 atom stereocenters. The molecular weight excluding hydrogens is 471 g/mol. The van der Waals surface area contributed by atoms with Crippen LogP contribution in [0.4, 0.5) is 10.1 Å². The molecule has 0 bridgehead atoms. The Kier molecular flexibility index (Phi) is 6.34. The summed E-state index contributed by atoms with van der Waals surface area (Å²) in [5, 5.41) is 17.4. The first-order valence-corrected chi connectivity index (χ1v) is 11.9. The minimum atomic E-state index is -0.402. The number of carbonyl (C=O) groups is 1. The van der Waals surface area contributed by atoms with Crippen molar-refractivity contribution in [1.29, 1.82) is 0 Å². The molecule has 11 heteroatoms. The Bertz CT molecular complexity index is 1370. The number of hydrogen-bond donors (Lipinski definition) is 0. The predicted molar refractivity (Wildman–Crippen MR) is 129 cm³/mol. The zero-order valence-corrected chi connectivity index (χ0v) is 19.4. The number of hydrogen-bond acceptors (Lipinski definition) is 7. The van der Waals surface area contributed by atoms with Crippen LogP contribution in [-0.2, 0) is 6.54 Å². The summed E-state index contributed by atoms with van der Waals surface area (Å²) in [7, 11) is 0.